The molecule has 2 rings (SSSR count). The zero-order chi connectivity index (χ0) is 14.5. The first kappa shape index (κ1) is 15.1. The number of carbonyl (C=O) groups is 2. The van der Waals surface area contributed by atoms with Crippen LogP contribution >= 0.6 is 23.2 Å². The molecule has 20 heavy (non-hydrogen) atoms. The summed E-state index contributed by atoms with van der Waals surface area (Å²) < 4.78 is 0. The molecule has 1 saturated heterocycles. The molecule has 0 unspecified atom stereocenters. The summed E-state index contributed by atoms with van der Waals surface area (Å²) in [5, 5.41) is 3.06. The van der Waals surface area contributed by atoms with Gasteiger partial charge in [0.15, 0.2) is 0 Å². The molecule has 7 heteroatoms. The van der Waals surface area contributed by atoms with E-state index >= 15 is 0 Å². The average Bonchev–Trinajstić information content (AvgIpc) is 2.95. The number of hydrogen-bond donors (Lipinski definition) is 1. The van der Waals surface area contributed by atoms with Gasteiger partial charge in [0.05, 0.1) is 5.02 Å². The van der Waals surface area contributed by atoms with Crippen LogP contribution in [0.2, 0.25) is 10.2 Å². The fourth-order valence-corrected chi connectivity index (χ4v) is 2.41. The van der Waals surface area contributed by atoms with Gasteiger partial charge < -0.3 is 10.2 Å². The van der Waals surface area contributed by atoms with Crippen LogP contribution in [0.3, 0.4) is 0 Å². The number of nitrogens with one attached hydrogen (secondary N) is 1. The zero-order valence-electron chi connectivity index (χ0n) is 10.9. The minimum absolute atomic E-state index is 0.0629. The molecule has 2 amide bonds. The van der Waals surface area contributed by atoms with E-state index in [1.54, 1.807) is 0 Å². The third kappa shape index (κ3) is 3.84. The molecule has 1 aliphatic rings. The molecule has 0 saturated carbocycles. The Balaban J connectivity index is 1.83. The smallest absolute Gasteiger partial charge is 0.271 e. The molecule has 108 valence electrons. The largest absolute Gasteiger partial charge is 0.350 e. The predicted molar refractivity (Wildman–Crippen MR) is 77.0 cm³/mol. The second kappa shape index (κ2) is 6.90. The number of amides is 2. The zero-order valence-corrected chi connectivity index (χ0v) is 12.4. The Bertz CT molecular complexity index is 516. The maximum absolute atomic E-state index is 11.9. The van der Waals surface area contributed by atoms with Gasteiger partial charge in [0.25, 0.3) is 5.91 Å². The van der Waals surface area contributed by atoms with Gasteiger partial charge in [0, 0.05) is 26.1 Å². The second-order valence-electron chi connectivity index (χ2n) is 4.56. The molecule has 1 fully saturated rings. The quantitative estimate of drug-likeness (QED) is 0.866. The van der Waals surface area contributed by atoms with Gasteiger partial charge in [-0.2, -0.15) is 0 Å². The summed E-state index contributed by atoms with van der Waals surface area (Å²) in [4.78, 5) is 29.4. The van der Waals surface area contributed by atoms with E-state index in [9.17, 15) is 9.59 Å². The molecular formula is C13H15Cl2N3O2. The van der Waals surface area contributed by atoms with Gasteiger partial charge in [-0.25, -0.2) is 4.98 Å². The first-order valence-electron chi connectivity index (χ1n) is 6.46. The van der Waals surface area contributed by atoms with Crippen LogP contribution in [0.25, 0.3) is 0 Å². The Morgan fingerprint density at radius 2 is 1.95 bits per heavy atom. The number of nitrogens with zero attached hydrogens (tertiary/aromatic N) is 2. The maximum Gasteiger partial charge on any atom is 0.271 e. The van der Waals surface area contributed by atoms with Crippen LogP contribution in [-0.4, -0.2) is 41.3 Å². The number of rotatable bonds is 4. The minimum Gasteiger partial charge on any atom is -0.350 e. The SMILES string of the molecule is O=C(NCCC(=O)N1CCCC1)c1nc(Cl)ccc1Cl. The molecule has 1 aromatic heterocycles. The fourth-order valence-electron chi connectivity index (χ4n) is 2.07. The highest BCUT2D eigenvalue weighted by molar-refractivity contribution is 6.34. The highest BCUT2D eigenvalue weighted by Gasteiger charge is 2.18. The van der Waals surface area contributed by atoms with Crippen LogP contribution in [-0.2, 0) is 4.79 Å². The van der Waals surface area contributed by atoms with Crippen molar-refractivity contribution < 1.29 is 9.59 Å². The van der Waals surface area contributed by atoms with E-state index < -0.39 is 5.91 Å². The van der Waals surface area contributed by atoms with Crippen molar-refractivity contribution in [1.82, 2.24) is 15.2 Å². The van der Waals surface area contributed by atoms with Crippen LogP contribution in [0.5, 0.6) is 0 Å². The fraction of sp³-hybridized carbons (Fsp3) is 0.462. The van der Waals surface area contributed by atoms with E-state index in [4.69, 9.17) is 23.2 Å². The lowest BCUT2D eigenvalue weighted by Crippen LogP contribution is -2.33. The van der Waals surface area contributed by atoms with Crippen LogP contribution in [0.15, 0.2) is 12.1 Å². The van der Waals surface area contributed by atoms with Crippen molar-refractivity contribution in [2.24, 2.45) is 0 Å². The molecule has 0 radical (unpaired) electrons. The van der Waals surface area contributed by atoms with Gasteiger partial charge >= 0.3 is 0 Å². The Morgan fingerprint density at radius 1 is 1.25 bits per heavy atom. The lowest BCUT2D eigenvalue weighted by Gasteiger charge is -2.15. The average molecular weight is 316 g/mol. The van der Waals surface area contributed by atoms with Crippen LogP contribution in [0, 0.1) is 0 Å². The Hall–Kier alpha value is -1.33. The van der Waals surface area contributed by atoms with Crippen LogP contribution in [0.4, 0.5) is 0 Å². The van der Waals surface area contributed by atoms with Gasteiger partial charge in [0.1, 0.15) is 10.8 Å². The van der Waals surface area contributed by atoms with E-state index in [1.807, 2.05) is 4.90 Å². The molecule has 5 nitrogen and oxygen atoms in total. The molecule has 0 aliphatic carbocycles. The van der Waals surface area contributed by atoms with Crippen molar-refractivity contribution in [3.8, 4) is 0 Å². The molecule has 0 bridgehead atoms. The van der Waals surface area contributed by atoms with E-state index in [1.165, 1.54) is 12.1 Å². The van der Waals surface area contributed by atoms with E-state index in [2.05, 4.69) is 10.3 Å². The number of pyridine rings is 1. The van der Waals surface area contributed by atoms with E-state index in [0.717, 1.165) is 25.9 Å². The van der Waals surface area contributed by atoms with Gasteiger partial charge in [-0.15, -0.1) is 0 Å². The Morgan fingerprint density at radius 3 is 2.65 bits per heavy atom. The molecule has 0 atom stereocenters. The maximum atomic E-state index is 11.9. The van der Waals surface area contributed by atoms with Gasteiger partial charge in [0.2, 0.25) is 5.91 Å². The van der Waals surface area contributed by atoms with Crippen LogP contribution in [0.1, 0.15) is 29.8 Å². The molecule has 1 N–H and O–H groups in total. The Kier molecular flexibility index (Phi) is 5.20. The van der Waals surface area contributed by atoms with Gasteiger partial charge in [-0.1, -0.05) is 23.2 Å². The number of carbonyl (C=O) groups excluding carboxylic acids is 2. The van der Waals surface area contributed by atoms with Crippen molar-refractivity contribution >= 4 is 35.0 Å². The summed E-state index contributed by atoms with van der Waals surface area (Å²) in [5.41, 5.74) is 0.0767. The van der Waals surface area contributed by atoms with Crippen molar-refractivity contribution in [1.29, 1.82) is 0 Å². The lowest BCUT2D eigenvalue weighted by molar-refractivity contribution is -0.129. The summed E-state index contributed by atoms with van der Waals surface area (Å²) in [5.74, 6) is -0.361. The highest BCUT2D eigenvalue weighted by Crippen LogP contribution is 2.16. The van der Waals surface area contributed by atoms with Crippen LogP contribution < -0.4 is 5.32 Å². The summed E-state index contributed by atoms with van der Waals surface area (Å²) in [7, 11) is 0. The summed E-state index contributed by atoms with van der Waals surface area (Å²) >= 11 is 11.6. The van der Waals surface area contributed by atoms with Gasteiger partial charge in [-0.3, -0.25) is 9.59 Å². The van der Waals surface area contributed by atoms with Gasteiger partial charge in [-0.05, 0) is 25.0 Å². The molecule has 0 aromatic carbocycles. The van der Waals surface area contributed by atoms with Crippen molar-refractivity contribution in [3.63, 3.8) is 0 Å². The third-order valence-electron chi connectivity index (χ3n) is 3.11. The van der Waals surface area contributed by atoms with Crippen molar-refractivity contribution in [2.45, 2.75) is 19.3 Å². The summed E-state index contributed by atoms with van der Waals surface area (Å²) in [6.45, 7) is 1.89. The first-order chi connectivity index (χ1) is 9.58. The standard InChI is InChI=1S/C13H15Cl2N3O2/c14-9-3-4-10(15)17-12(9)13(20)16-6-5-11(19)18-7-1-2-8-18/h3-4H,1-2,5-8H2,(H,16,20). The number of hydrogen-bond acceptors (Lipinski definition) is 3. The monoisotopic (exact) mass is 315 g/mol. The molecular weight excluding hydrogens is 301 g/mol. The predicted octanol–water partition coefficient (Wildman–Crippen LogP) is 2.13. The minimum atomic E-state index is -0.424. The topological polar surface area (TPSA) is 62.3 Å². The third-order valence-corrected chi connectivity index (χ3v) is 3.63. The molecule has 1 aliphatic heterocycles. The molecule has 2 heterocycles. The summed E-state index contributed by atoms with van der Waals surface area (Å²) in [6.07, 6.45) is 2.39. The molecule has 1 aromatic rings. The summed E-state index contributed by atoms with van der Waals surface area (Å²) in [6, 6.07) is 3.03. The molecule has 0 spiro atoms. The van der Waals surface area contributed by atoms with Crippen molar-refractivity contribution in [2.75, 3.05) is 19.6 Å². The van der Waals surface area contributed by atoms with E-state index in [0.29, 0.717) is 0 Å². The number of halogens is 2. The number of likely N-dealkylation sites (tertiary alicyclic amines) is 1. The highest BCUT2D eigenvalue weighted by atomic mass is 35.5. The Labute approximate surface area is 127 Å². The number of aromatic nitrogens is 1. The second-order valence-corrected chi connectivity index (χ2v) is 5.35. The lowest BCUT2D eigenvalue weighted by atomic mass is 10.3. The normalized spacial score (nSPS) is 14.4. The van der Waals surface area contributed by atoms with E-state index in [-0.39, 0.29) is 34.7 Å². The van der Waals surface area contributed by atoms with Crippen molar-refractivity contribution in [3.05, 3.63) is 28.0 Å². The first-order valence-corrected chi connectivity index (χ1v) is 7.21.